The molecule has 3 aromatic rings. The fourth-order valence-electron chi connectivity index (χ4n) is 3.11. The lowest BCUT2D eigenvalue weighted by molar-refractivity contribution is -0.120. The van der Waals surface area contributed by atoms with Gasteiger partial charge in [-0.3, -0.25) is 9.59 Å². The molecule has 0 aliphatic heterocycles. The van der Waals surface area contributed by atoms with Gasteiger partial charge in [0.05, 0.1) is 17.1 Å². The number of aryl methyl sites for hydroxylation is 2. The molecule has 2 amide bonds. The smallest absolute Gasteiger partial charge is 0.251 e. The molecule has 7 heteroatoms. The maximum absolute atomic E-state index is 12.5. The minimum atomic E-state index is -0.129. The van der Waals surface area contributed by atoms with Gasteiger partial charge in [0.2, 0.25) is 5.91 Å². The average Bonchev–Trinajstić information content (AvgIpc) is 3.20. The Bertz CT molecular complexity index is 1060. The van der Waals surface area contributed by atoms with Gasteiger partial charge >= 0.3 is 0 Å². The highest BCUT2D eigenvalue weighted by molar-refractivity contribution is 7.09. The largest absolute Gasteiger partial charge is 0.489 e. The van der Waals surface area contributed by atoms with Crippen molar-refractivity contribution in [1.82, 2.24) is 15.6 Å². The van der Waals surface area contributed by atoms with Gasteiger partial charge in [-0.1, -0.05) is 29.8 Å². The summed E-state index contributed by atoms with van der Waals surface area (Å²) < 4.78 is 5.92. The monoisotopic (exact) mass is 437 g/mol. The van der Waals surface area contributed by atoms with E-state index in [4.69, 9.17) is 4.74 Å². The van der Waals surface area contributed by atoms with Crippen LogP contribution < -0.4 is 15.4 Å². The molecule has 0 aliphatic rings. The zero-order valence-corrected chi connectivity index (χ0v) is 18.8. The van der Waals surface area contributed by atoms with Crippen molar-refractivity contribution in [2.24, 2.45) is 0 Å². The van der Waals surface area contributed by atoms with Crippen molar-refractivity contribution in [3.05, 3.63) is 80.8 Å². The quantitative estimate of drug-likeness (QED) is 0.536. The van der Waals surface area contributed by atoms with Crippen molar-refractivity contribution in [3.8, 4) is 5.75 Å². The lowest BCUT2D eigenvalue weighted by Gasteiger charge is -2.11. The summed E-state index contributed by atoms with van der Waals surface area (Å²) in [6, 6.07) is 13.5. The second kappa shape index (κ2) is 10.7. The predicted octanol–water partition coefficient (Wildman–Crippen LogP) is 3.60. The SMILES string of the molecule is CNC(=O)Cc1csc(CCNC(=O)c2cccc(COc3ccc(C)cc3C)c2)n1. The van der Waals surface area contributed by atoms with Crippen molar-refractivity contribution >= 4 is 23.2 Å². The van der Waals surface area contributed by atoms with Crippen LogP contribution in [0.2, 0.25) is 0 Å². The first kappa shape index (κ1) is 22.5. The van der Waals surface area contributed by atoms with E-state index in [-0.39, 0.29) is 18.2 Å². The number of thiazole rings is 1. The van der Waals surface area contributed by atoms with E-state index >= 15 is 0 Å². The zero-order valence-electron chi connectivity index (χ0n) is 18.0. The summed E-state index contributed by atoms with van der Waals surface area (Å²) in [7, 11) is 1.61. The van der Waals surface area contributed by atoms with Crippen LogP contribution in [0.15, 0.2) is 47.8 Å². The third-order valence-electron chi connectivity index (χ3n) is 4.76. The number of benzene rings is 2. The molecular formula is C24H27N3O3S. The number of carbonyl (C=O) groups excluding carboxylic acids is 2. The molecule has 0 bridgehead atoms. The maximum atomic E-state index is 12.5. The van der Waals surface area contributed by atoms with Crippen molar-refractivity contribution in [1.29, 1.82) is 0 Å². The topological polar surface area (TPSA) is 80.3 Å². The number of hydrogen-bond donors (Lipinski definition) is 2. The second-order valence-electron chi connectivity index (χ2n) is 7.35. The molecule has 0 fully saturated rings. The fraction of sp³-hybridized carbons (Fsp3) is 0.292. The molecule has 0 radical (unpaired) electrons. The number of hydrogen-bond acceptors (Lipinski definition) is 5. The molecule has 0 spiro atoms. The van der Waals surface area contributed by atoms with Gasteiger partial charge in [0.15, 0.2) is 0 Å². The first-order valence-electron chi connectivity index (χ1n) is 10.2. The summed E-state index contributed by atoms with van der Waals surface area (Å²) in [5, 5.41) is 8.30. The van der Waals surface area contributed by atoms with Gasteiger partial charge < -0.3 is 15.4 Å². The van der Waals surface area contributed by atoms with Crippen LogP contribution in [0.25, 0.3) is 0 Å². The molecule has 0 atom stereocenters. The standard InChI is InChI=1S/C24H27N3O3S/c1-16-7-8-21(17(2)11-16)30-14-18-5-4-6-19(12-18)24(29)26-10-9-23-27-20(15-31-23)13-22(28)25-3/h4-8,11-12,15H,9-10,13-14H2,1-3H3,(H,25,28)(H,26,29). The van der Waals surface area contributed by atoms with Gasteiger partial charge in [-0.25, -0.2) is 4.98 Å². The molecule has 2 aromatic carbocycles. The molecule has 0 aliphatic carbocycles. The zero-order chi connectivity index (χ0) is 22.2. The Kier molecular flexibility index (Phi) is 7.78. The Morgan fingerprint density at radius 1 is 1.13 bits per heavy atom. The van der Waals surface area contributed by atoms with Crippen LogP contribution in [0, 0.1) is 13.8 Å². The van der Waals surface area contributed by atoms with E-state index in [2.05, 4.69) is 28.6 Å². The van der Waals surface area contributed by atoms with E-state index in [0.717, 1.165) is 27.6 Å². The summed E-state index contributed by atoms with van der Waals surface area (Å²) in [6.45, 7) is 4.96. The van der Waals surface area contributed by atoms with E-state index in [1.54, 1.807) is 13.1 Å². The number of rotatable bonds is 9. The summed E-state index contributed by atoms with van der Waals surface area (Å²) in [5.41, 5.74) is 4.58. The highest BCUT2D eigenvalue weighted by Crippen LogP contribution is 2.20. The number of aromatic nitrogens is 1. The highest BCUT2D eigenvalue weighted by Gasteiger charge is 2.09. The van der Waals surface area contributed by atoms with Gasteiger partial charge in [-0.15, -0.1) is 11.3 Å². The van der Waals surface area contributed by atoms with E-state index in [1.165, 1.54) is 16.9 Å². The van der Waals surface area contributed by atoms with Crippen LogP contribution in [-0.4, -0.2) is 30.4 Å². The fourth-order valence-corrected chi connectivity index (χ4v) is 3.91. The molecule has 162 valence electrons. The van der Waals surface area contributed by atoms with Crippen LogP contribution in [-0.2, 0) is 24.2 Å². The van der Waals surface area contributed by atoms with Crippen LogP contribution >= 0.6 is 11.3 Å². The second-order valence-corrected chi connectivity index (χ2v) is 8.29. The minimum Gasteiger partial charge on any atom is -0.489 e. The van der Waals surface area contributed by atoms with Gasteiger partial charge in [0, 0.05) is 31.0 Å². The third kappa shape index (κ3) is 6.65. The first-order chi connectivity index (χ1) is 14.9. The number of amides is 2. The molecule has 2 N–H and O–H groups in total. The van der Waals surface area contributed by atoms with Crippen LogP contribution in [0.3, 0.4) is 0 Å². The Balaban J connectivity index is 1.50. The minimum absolute atomic E-state index is 0.0634. The Hall–Kier alpha value is -3.19. The van der Waals surface area contributed by atoms with Gasteiger partial charge in [-0.2, -0.15) is 0 Å². The molecule has 0 unspecified atom stereocenters. The summed E-state index contributed by atoms with van der Waals surface area (Å²) in [5.74, 6) is 0.654. The van der Waals surface area contributed by atoms with Gasteiger partial charge in [-0.05, 0) is 43.2 Å². The average molecular weight is 438 g/mol. The lowest BCUT2D eigenvalue weighted by Crippen LogP contribution is -2.25. The molecule has 1 aromatic heterocycles. The van der Waals surface area contributed by atoms with Crippen LogP contribution in [0.4, 0.5) is 0 Å². The number of likely N-dealkylation sites (N-methyl/N-ethyl adjacent to an activating group) is 1. The lowest BCUT2D eigenvalue weighted by atomic mass is 10.1. The molecule has 0 saturated carbocycles. The first-order valence-corrected chi connectivity index (χ1v) is 11.0. The molecule has 0 saturated heterocycles. The van der Waals surface area contributed by atoms with E-state index in [9.17, 15) is 9.59 Å². The normalized spacial score (nSPS) is 10.5. The number of carbonyl (C=O) groups is 2. The molecule has 1 heterocycles. The van der Waals surface area contributed by atoms with Crippen molar-refractivity contribution in [3.63, 3.8) is 0 Å². The van der Waals surface area contributed by atoms with E-state index in [0.29, 0.717) is 25.1 Å². The third-order valence-corrected chi connectivity index (χ3v) is 5.72. The summed E-state index contributed by atoms with van der Waals surface area (Å²) in [4.78, 5) is 28.4. The Morgan fingerprint density at radius 2 is 1.97 bits per heavy atom. The van der Waals surface area contributed by atoms with Crippen LogP contribution in [0.1, 0.15) is 37.7 Å². The van der Waals surface area contributed by atoms with Crippen molar-refractivity contribution in [2.45, 2.75) is 33.3 Å². The Morgan fingerprint density at radius 3 is 2.74 bits per heavy atom. The van der Waals surface area contributed by atoms with Crippen molar-refractivity contribution < 1.29 is 14.3 Å². The summed E-state index contributed by atoms with van der Waals surface area (Å²) >= 11 is 1.50. The van der Waals surface area contributed by atoms with Crippen molar-refractivity contribution in [2.75, 3.05) is 13.6 Å². The van der Waals surface area contributed by atoms with E-state index < -0.39 is 0 Å². The molecule has 31 heavy (non-hydrogen) atoms. The van der Waals surface area contributed by atoms with E-state index in [1.807, 2.05) is 42.6 Å². The summed E-state index contributed by atoms with van der Waals surface area (Å²) in [6.07, 6.45) is 0.899. The highest BCUT2D eigenvalue weighted by atomic mass is 32.1. The number of nitrogens with zero attached hydrogens (tertiary/aromatic N) is 1. The van der Waals surface area contributed by atoms with Gasteiger partial charge in [0.1, 0.15) is 12.4 Å². The Labute approximate surface area is 186 Å². The molecule has 6 nitrogen and oxygen atoms in total. The number of nitrogens with one attached hydrogen (secondary N) is 2. The molecule has 3 rings (SSSR count). The predicted molar refractivity (Wildman–Crippen MR) is 123 cm³/mol. The number of ether oxygens (including phenoxy) is 1. The van der Waals surface area contributed by atoms with Gasteiger partial charge in [0.25, 0.3) is 5.91 Å². The maximum Gasteiger partial charge on any atom is 0.251 e. The molecular weight excluding hydrogens is 410 g/mol. The van der Waals surface area contributed by atoms with Crippen LogP contribution in [0.5, 0.6) is 5.75 Å².